The minimum Gasteiger partial charge on any atom is -0.387 e. The number of aryl methyl sites for hydroxylation is 2. The summed E-state index contributed by atoms with van der Waals surface area (Å²) in [5.41, 5.74) is 0.495. The lowest BCUT2D eigenvalue weighted by molar-refractivity contribution is -0.117. The van der Waals surface area contributed by atoms with Crippen LogP contribution in [0, 0.1) is 6.92 Å². The van der Waals surface area contributed by atoms with Crippen molar-refractivity contribution >= 4 is 23.6 Å². The predicted octanol–water partition coefficient (Wildman–Crippen LogP) is 0.824. The van der Waals surface area contributed by atoms with Crippen LogP contribution in [0.15, 0.2) is 6.08 Å². The fourth-order valence-electron chi connectivity index (χ4n) is 2.07. The molecular formula is C14H23ClN4O2. The molecule has 0 bridgehead atoms. The van der Waals surface area contributed by atoms with E-state index in [2.05, 4.69) is 10.4 Å². The van der Waals surface area contributed by atoms with Gasteiger partial charge >= 0.3 is 0 Å². The number of nitrogens with zero attached hydrogens (tertiary/aromatic N) is 3. The summed E-state index contributed by atoms with van der Waals surface area (Å²) in [7, 11) is 5.47. The number of hydrogen-bond acceptors (Lipinski definition) is 4. The van der Waals surface area contributed by atoms with Crippen molar-refractivity contribution in [1.29, 1.82) is 0 Å². The zero-order valence-electron chi connectivity index (χ0n) is 13.1. The van der Waals surface area contributed by atoms with Gasteiger partial charge in [0.05, 0.1) is 11.3 Å². The molecule has 2 N–H and O–H groups in total. The van der Waals surface area contributed by atoms with Crippen molar-refractivity contribution in [1.82, 2.24) is 20.0 Å². The molecule has 0 aliphatic rings. The fraction of sp³-hybridized carbons (Fsp3) is 0.571. The van der Waals surface area contributed by atoms with Crippen molar-refractivity contribution in [3.63, 3.8) is 0 Å². The first kappa shape index (κ1) is 17.7. The monoisotopic (exact) mass is 314 g/mol. The summed E-state index contributed by atoms with van der Waals surface area (Å²) in [5, 5.41) is 17.4. The lowest BCUT2D eigenvalue weighted by atomic mass is 10.1. The molecule has 21 heavy (non-hydrogen) atoms. The van der Waals surface area contributed by atoms with Gasteiger partial charge in [-0.25, -0.2) is 0 Å². The van der Waals surface area contributed by atoms with Crippen LogP contribution in [0.2, 0.25) is 5.15 Å². The lowest BCUT2D eigenvalue weighted by Crippen LogP contribution is -2.46. The standard InChI is InChI=1S/C14H23ClN4O2/c1-10-11(13(15)19(5)17-10)6-7-12(20)16-8-14(2,21)9-18(3)4/h6-7,21H,8-9H2,1-5H3,(H,16,20)/b7-6+. The predicted molar refractivity (Wildman–Crippen MR) is 84.2 cm³/mol. The molecular weight excluding hydrogens is 292 g/mol. The summed E-state index contributed by atoms with van der Waals surface area (Å²) in [6, 6.07) is 0. The Kier molecular flexibility index (Phi) is 5.95. The number of carbonyl (C=O) groups excluding carboxylic acids is 1. The second-order valence-corrected chi connectivity index (χ2v) is 6.06. The average Bonchev–Trinajstić information content (AvgIpc) is 2.57. The highest BCUT2D eigenvalue weighted by Gasteiger charge is 2.21. The molecule has 0 fully saturated rings. The molecule has 1 unspecified atom stereocenters. The molecule has 0 saturated carbocycles. The van der Waals surface area contributed by atoms with Crippen LogP contribution in [0.3, 0.4) is 0 Å². The number of likely N-dealkylation sites (N-methyl/N-ethyl adjacent to an activating group) is 1. The Morgan fingerprint density at radius 2 is 2.19 bits per heavy atom. The maximum Gasteiger partial charge on any atom is 0.244 e. The zero-order chi connectivity index (χ0) is 16.2. The molecule has 1 aromatic rings. The summed E-state index contributed by atoms with van der Waals surface area (Å²) in [6.07, 6.45) is 3.02. The number of aromatic nitrogens is 2. The van der Waals surface area contributed by atoms with E-state index in [4.69, 9.17) is 11.6 Å². The van der Waals surface area contributed by atoms with Crippen molar-refractivity contribution in [3.05, 3.63) is 22.5 Å². The van der Waals surface area contributed by atoms with Crippen LogP contribution in [0.1, 0.15) is 18.2 Å². The van der Waals surface area contributed by atoms with Crippen LogP contribution in [-0.4, -0.2) is 58.5 Å². The lowest BCUT2D eigenvalue weighted by Gasteiger charge is -2.26. The first-order valence-corrected chi connectivity index (χ1v) is 7.02. The number of halogens is 1. The molecule has 0 aromatic carbocycles. The normalized spacial score (nSPS) is 14.7. The number of nitrogens with one attached hydrogen (secondary N) is 1. The summed E-state index contributed by atoms with van der Waals surface area (Å²) < 4.78 is 1.55. The topological polar surface area (TPSA) is 70.4 Å². The van der Waals surface area contributed by atoms with Crippen LogP contribution < -0.4 is 5.32 Å². The molecule has 1 amide bonds. The van der Waals surface area contributed by atoms with Crippen molar-refractivity contribution in [2.75, 3.05) is 27.2 Å². The Bertz CT molecular complexity index is 535. The maximum atomic E-state index is 11.8. The van der Waals surface area contributed by atoms with Gasteiger partial charge in [-0.2, -0.15) is 5.10 Å². The van der Waals surface area contributed by atoms with E-state index in [1.165, 1.54) is 6.08 Å². The van der Waals surface area contributed by atoms with E-state index in [-0.39, 0.29) is 12.5 Å². The van der Waals surface area contributed by atoms with Gasteiger partial charge in [0.2, 0.25) is 5.91 Å². The van der Waals surface area contributed by atoms with Gasteiger partial charge in [0.1, 0.15) is 5.15 Å². The van der Waals surface area contributed by atoms with Crippen molar-refractivity contribution in [2.45, 2.75) is 19.4 Å². The van der Waals surface area contributed by atoms with E-state index in [0.717, 1.165) is 11.3 Å². The molecule has 0 radical (unpaired) electrons. The molecule has 1 aromatic heterocycles. The number of carbonyl (C=O) groups is 1. The Morgan fingerprint density at radius 3 is 2.67 bits per heavy atom. The number of rotatable bonds is 6. The van der Waals surface area contributed by atoms with Gasteiger partial charge in [0.25, 0.3) is 0 Å². The molecule has 1 atom stereocenters. The third kappa shape index (κ3) is 5.49. The SMILES string of the molecule is Cc1nn(C)c(Cl)c1/C=C/C(=O)NCC(C)(O)CN(C)C. The largest absolute Gasteiger partial charge is 0.387 e. The molecule has 0 spiro atoms. The van der Waals surface area contributed by atoms with Crippen LogP contribution in [0.4, 0.5) is 0 Å². The summed E-state index contributed by atoms with van der Waals surface area (Å²) in [5.74, 6) is -0.284. The van der Waals surface area contributed by atoms with Crippen LogP contribution in [-0.2, 0) is 11.8 Å². The summed E-state index contributed by atoms with van der Waals surface area (Å²) in [6.45, 7) is 4.14. The molecule has 0 saturated heterocycles. The van der Waals surface area contributed by atoms with Gasteiger partial charge in [-0.3, -0.25) is 9.48 Å². The highest BCUT2D eigenvalue weighted by molar-refractivity contribution is 6.31. The molecule has 0 aliphatic carbocycles. The minimum atomic E-state index is -0.977. The quantitative estimate of drug-likeness (QED) is 0.763. The Labute approximate surface area is 130 Å². The highest BCUT2D eigenvalue weighted by atomic mass is 35.5. The van der Waals surface area contributed by atoms with Crippen LogP contribution >= 0.6 is 11.6 Å². The Balaban J connectivity index is 2.60. The van der Waals surface area contributed by atoms with Crippen molar-refractivity contribution < 1.29 is 9.90 Å². The average molecular weight is 315 g/mol. The zero-order valence-corrected chi connectivity index (χ0v) is 13.9. The molecule has 118 valence electrons. The summed E-state index contributed by atoms with van der Waals surface area (Å²) >= 11 is 6.08. The third-order valence-corrected chi connectivity index (χ3v) is 3.35. The fourth-order valence-corrected chi connectivity index (χ4v) is 2.31. The van der Waals surface area contributed by atoms with Crippen LogP contribution in [0.5, 0.6) is 0 Å². The Hall–Kier alpha value is -1.37. The minimum absolute atomic E-state index is 0.175. The highest BCUT2D eigenvalue weighted by Crippen LogP contribution is 2.19. The van der Waals surface area contributed by atoms with Gasteiger partial charge in [0.15, 0.2) is 0 Å². The number of amides is 1. The van der Waals surface area contributed by atoms with Gasteiger partial charge < -0.3 is 15.3 Å². The van der Waals surface area contributed by atoms with E-state index in [0.29, 0.717) is 11.7 Å². The van der Waals surface area contributed by atoms with Gasteiger partial charge in [0, 0.05) is 31.8 Å². The van der Waals surface area contributed by atoms with E-state index in [1.54, 1.807) is 24.7 Å². The summed E-state index contributed by atoms with van der Waals surface area (Å²) in [4.78, 5) is 13.6. The van der Waals surface area contributed by atoms with E-state index < -0.39 is 5.60 Å². The second-order valence-electron chi connectivity index (χ2n) is 5.70. The van der Waals surface area contributed by atoms with Gasteiger partial charge in [-0.1, -0.05) is 11.6 Å². The first-order valence-electron chi connectivity index (χ1n) is 6.64. The van der Waals surface area contributed by atoms with Gasteiger partial charge in [-0.05, 0) is 34.0 Å². The van der Waals surface area contributed by atoms with Crippen molar-refractivity contribution in [2.24, 2.45) is 7.05 Å². The third-order valence-electron chi connectivity index (χ3n) is 2.90. The number of aliphatic hydroxyl groups is 1. The Morgan fingerprint density at radius 1 is 1.57 bits per heavy atom. The molecule has 7 heteroatoms. The van der Waals surface area contributed by atoms with E-state index in [1.807, 2.05) is 25.9 Å². The molecule has 6 nitrogen and oxygen atoms in total. The molecule has 1 heterocycles. The first-order chi connectivity index (χ1) is 9.62. The van der Waals surface area contributed by atoms with E-state index >= 15 is 0 Å². The second kappa shape index (κ2) is 7.06. The van der Waals surface area contributed by atoms with Crippen molar-refractivity contribution in [3.8, 4) is 0 Å². The van der Waals surface area contributed by atoms with Gasteiger partial charge in [-0.15, -0.1) is 0 Å². The molecule has 1 rings (SSSR count). The molecule has 0 aliphatic heterocycles. The smallest absolute Gasteiger partial charge is 0.244 e. The van der Waals surface area contributed by atoms with Crippen LogP contribution in [0.25, 0.3) is 6.08 Å². The number of hydrogen-bond donors (Lipinski definition) is 2. The maximum absolute atomic E-state index is 11.8. The van der Waals surface area contributed by atoms with E-state index in [9.17, 15) is 9.90 Å².